The minimum absolute atomic E-state index is 0.163. The number of phenolic OH excluding ortho intramolecular Hbond substituents is 1. The van der Waals surface area contributed by atoms with E-state index in [1.54, 1.807) is 20.3 Å². The zero-order valence-electron chi connectivity index (χ0n) is 13.1. The minimum atomic E-state index is -0.832. The molecule has 2 aromatic carbocycles. The van der Waals surface area contributed by atoms with Gasteiger partial charge in [0.15, 0.2) is 0 Å². The van der Waals surface area contributed by atoms with Gasteiger partial charge in [-0.05, 0) is 13.3 Å². The Hall–Kier alpha value is -2.20. The van der Waals surface area contributed by atoms with Crippen LogP contribution in [-0.2, 0) is 16.9 Å². The summed E-state index contributed by atoms with van der Waals surface area (Å²) >= 11 is 0. The van der Waals surface area contributed by atoms with E-state index in [2.05, 4.69) is 0 Å². The van der Waals surface area contributed by atoms with Gasteiger partial charge in [0.1, 0.15) is 17.2 Å². The Morgan fingerprint density at radius 3 is 2.55 bits per heavy atom. The maximum Gasteiger partial charge on any atom is 0.237 e. The van der Waals surface area contributed by atoms with E-state index in [1.807, 2.05) is 37.3 Å². The van der Waals surface area contributed by atoms with E-state index in [0.717, 1.165) is 23.1 Å². The Morgan fingerprint density at radius 2 is 1.91 bits per heavy atom. The van der Waals surface area contributed by atoms with Crippen LogP contribution in [0.2, 0.25) is 0 Å². The summed E-state index contributed by atoms with van der Waals surface area (Å²) in [5, 5.41) is 10.1. The average Bonchev–Trinajstić information content (AvgIpc) is 2.56. The summed E-state index contributed by atoms with van der Waals surface area (Å²) in [6.45, 7) is 1.84. The third-order valence-electron chi connectivity index (χ3n) is 4.29. The standard InChI is InChI=1S/C18H20O4/c1-12-15(19)11-16-14(17(12)20-2)9-10-18(21-3,22-16)13-7-5-4-6-8-13/h4-8,11,19H,9-10H2,1-3H3/t18-/m1/s1. The number of benzene rings is 2. The van der Waals surface area contributed by atoms with Crippen LogP contribution in [-0.4, -0.2) is 19.3 Å². The molecule has 0 radical (unpaired) electrons. The Balaban J connectivity index is 2.08. The Kier molecular flexibility index (Phi) is 3.71. The molecule has 0 bridgehead atoms. The summed E-state index contributed by atoms with van der Waals surface area (Å²) < 4.78 is 17.3. The first-order valence-corrected chi connectivity index (χ1v) is 7.30. The Labute approximate surface area is 130 Å². The van der Waals surface area contributed by atoms with Gasteiger partial charge in [-0.3, -0.25) is 0 Å². The van der Waals surface area contributed by atoms with Crippen LogP contribution >= 0.6 is 0 Å². The van der Waals surface area contributed by atoms with Gasteiger partial charge >= 0.3 is 0 Å². The van der Waals surface area contributed by atoms with Crippen LogP contribution in [0.25, 0.3) is 0 Å². The molecule has 0 fully saturated rings. The van der Waals surface area contributed by atoms with Crippen molar-refractivity contribution in [2.75, 3.05) is 14.2 Å². The van der Waals surface area contributed by atoms with Crippen molar-refractivity contribution in [3.63, 3.8) is 0 Å². The lowest BCUT2D eigenvalue weighted by Gasteiger charge is -2.38. The second kappa shape index (κ2) is 5.54. The molecule has 1 N–H and O–H groups in total. The lowest BCUT2D eigenvalue weighted by molar-refractivity contribution is -0.184. The van der Waals surface area contributed by atoms with Gasteiger partial charge in [0.2, 0.25) is 5.79 Å². The molecule has 0 aromatic heterocycles. The predicted octanol–water partition coefficient (Wildman–Crippen LogP) is 3.53. The molecular formula is C18H20O4. The van der Waals surface area contributed by atoms with Gasteiger partial charge in [-0.15, -0.1) is 0 Å². The largest absolute Gasteiger partial charge is 0.507 e. The minimum Gasteiger partial charge on any atom is -0.507 e. The van der Waals surface area contributed by atoms with Crippen LogP contribution in [0.3, 0.4) is 0 Å². The van der Waals surface area contributed by atoms with Gasteiger partial charge in [0.25, 0.3) is 0 Å². The molecule has 0 saturated carbocycles. The van der Waals surface area contributed by atoms with Crippen molar-refractivity contribution in [3.8, 4) is 17.2 Å². The molecule has 0 amide bonds. The molecule has 4 heteroatoms. The molecule has 2 aromatic rings. The topological polar surface area (TPSA) is 47.9 Å². The highest BCUT2D eigenvalue weighted by atomic mass is 16.7. The van der Waals surface area contributed by atoms with E-state index in [9.17, 15) is 5.11 Å². The first kappa shape index (κ1) is 14.7. The second-order valence-corrected chi connectivity index (χ2v) is 5.46. The van der Waals surface area contributed by atoms with E-state index in [1.165, 1.54) is 0 Å². The third kappa shape index (κ3) is 2.20. The van der Waals surface area contributed by atoms with E-state index in [4.69, 9.17) is 14.2 Å². The quantitative estimate of drug-likeness (QED) is 0.942. The van der Waals surface area contributed by atoms with Gasteiger partial charge in [-0.1, -0.05) is 30.3 Å². The second-order valence-electron chi connectivity index (χ2n) is 5.46. The summed E-state index contributed by atoms with van der Waals surface area (Å²) in [6, 6.07) is 11.5. The van der Waals surface area contributed by atoms with E-state index >= 15 is 0 Å². The van der Waals surface area contributed by atoms with Crippen molar-refractivity contribution < 1.29 is 19.3 Å². The van der Waals surface area contributed by atoms with Crippen molar-refractivity contribution in [2.24, 2.45) is 0 Å². The lowest BCUT2D eigenvalue weighted by Crippen LogP contribution is -2.38. The molecular weight excluding hydrogens is 280 g/mol. The predicted molar refractivity (Wildman–Crippen MR) is 83.5 cm³/mol. The Bertz CT molecular complexity index is 681. The molecule has 1 aliphatic rings. The maximum atomic E-state index is 10.1. The van der Waals surface area contributed by atoms with Gasteiger partial charge in [0.05, 0.1) is 7.11 Å². The number of fused-ring (bicyclic) bond motifs is 1. The Morgan fingerprint density at radius 1 is 1.18 bits per heavy atom. The van der Waals surface area contributed by atoms with E-state index in [-0.39, 0.29) is 5.75 Å². The van der Waals surface area contributed by atoms with Gasteiger partial charge in [-0.25, -0.2) is 0 Å². The zero-order valence-corrected chi connectivity index (χ0v) is 13.1. The molecule has 1 aliphatic heterocycles. The molecule has 3 rings (SSSR count). The van der Waals surface area contributed by atoms with Crippen LogP contribution in [0.1, 0.15) is 23.1 Å². The average molecular weight is 300 g/mol. The zero-order chi connectivity index (χ0) is 15.7. The summed E-state index contributed by atoms with van der Waals surface area (Å²) in [5.74, 6) is 0.626. The van der Waals surface area contributed by atoms with Crippen LogP contribution in [0, 0.1) is 6.92 Å². The SMILES string of the molecule is COc1c(C)c(O)cc2c1CC[C@](OC)(c1ccccc1)O2. The van der Waals surface area contributed by atoms with Crippen molar-refractivity contribution in [1.29, 1.82) is 0 Å². The molecule has 0 aliphatic carbocycles. The van der Waals surface area contributed by atoms with Crippen LogP contribution in [0.5, 0.6) is 17.2 Å². The number of ether oxygens (including phenoxy) is 3. The summed E-state index contributed by atoms with van der Waals surface area (Å²) in [4.78, 5) is 0. The third-order valence-corrected chi connectivity index (χ3v) is 4.29. The number of aromatic hydroxyl groups is 1. The van der Waals surface area contributed by atoms with Crippen molar-refractivity contribution >= 4 is 0 Å². The molecule has 1 heterocycles. The highest BCUT2D eigenvalue weighted by Crippen LogP contribution is 2.47. The fraction of sp³-hybridized carbons (Fsp3) is 0.333. The first-order valence-electron chi connectivity index (χ1n) is 7.30. The summed E-state index contributed by atoms with van der Waals surface area (Å²) in [7, 11) is 3.25. The van der Waals surface area contributed by atoms with E-state index < -0.39 is 5.79 Å². The molecule has 4 nitrogen and oxygen atoms in total. The van der Waals surface area contributed by atoms with E-state index in [0.29, 0.717) is 17.9 Å². The first-order chi connectivity index (χ1) is 10.6. The van der Waals surface area contributed by atoms with Crippen LogP contribution in [0.15, 0.2) is 36.4 Å². The monoisotopic (exact) mass is 300 g/mol. The normalized spacial score (nSPS) is 20.1. The maximum absolute atomic E-state index is 10.1. The number of methoxy groups -OCH3 is 2. The molecule has 0 saturated heterocycles. The number of hydrogen-bond acceptors (Lipinski definition) is 4. The van der Waals surface area contributed by atoms with Gasteiger partial charge in [0, 0.05) is 36.3 Å². The fourth-order valence-electron chi connectivity index (χ4n) is 3.05. The van der Waals surface area contributed by atoms with Crippen molar-refractivity contribution in [3.05, 3.63) is 53.1 Å². The molecule has 116 valence electrons. The smallest absolute Gasteiger partial charge is 0.237 e. The van der Waals surface area contributed by atoms with Gasteiger partial charge < -0.3 is 19.3 Å². The summed E-state index contributed by atoms with van der Waals surface area (Å²) in [6.07, 6.45) is 1.43. The molecule has 0 spiro atoms. The number of phenols is 1. The van der Waals surface area contributed by atoms with Crippen LogP contribution in [0.4, 0.5) is 0 Å². The van der Waals surface area contributed by atoms with Gasteiger partial charge in [-0.2, -0.15) is 0 Å². The molecule has 1 atom stereocenters. The number of hydrogen-bond donors (Lipinski definition) is 1. The fourth-order valence-corrected chi connectivity index (χ4v) is 3.05. The highest BCUT2D eigenvalue weighted by Gasteiger charge is 2.40. The van der Waals surface area contributed by atoms with Crippen LogP contribution < -0.4 is 9.47 Å². The molecule has 0 unspecified atom stereocenters. The van der Waals surface area contributed by atoms with Crippen molar-refractivity contribution in [2.45, 2.75) is 25.6 Å². The molecule has 22 heavy (non-hydrogen) atoms. The number of rotatable bonds is 3. The van der Waals surface area contributed by atoms with Crippen molar-refractivity contribution in [1.82, 2.24) is 0 Å². The lowest BCUT2D eigenvalue weighted by atomic mass is 9.92. The summed E-state index contributed by atoms with van der Waals surface area (Å²) in [5.41, 5.74) is 2.66. The highest BCUT2D eigenvalue weighted by molar-refractivity contribution is 5.57.